The summed E-state index contributed by atoms with van der Waals surface area (Å²) in [7, 11) is 0. The van der Waals surface area contributed by atoms with Crippen LogP contribution in [0, 0.1) is 13.8 Å². The van der Waals surface area contributed by atoms with Gasteiger partial charge in [0.25, 0.3) is 0 Å². The van der Waals surface area contributed by atoms with E-state index in [4.69, 9.17) is 23.2 Å². The minimum absolute atomic E-state index is 0. The minimum Gasteiger partial charge on any atom is -0.873 e. The average molecular weight is 573 g/mol. The van der Waals surface area contributed by atoms with Gasteiger partial charge in [0.15, 0.2) is 5.82 Å². The van der Waals surface area contributed by atoms with Crippen LogP contribution < -0.4 is 10.2 Å². The van der Waals surface area contributed by atoms with E-state index in [0.29, 0.717) is 17.0 Å². The largest absolute Gasteiger partial charge is 2.00 e. The molecule has 0 radical (unpaired) electrons. The molecule has 0 fully saturated rings. The molecule has 0 amide bonds. The molecule has 0 aliphatic heterocycles. The Morgan fingerprint density at radius 2 is 1.17 bits per heavy atom. The van der Waals surface area contributed by atoms with Crippen LogP contribution in [0.2, 0.25) is 10.0 Å². The third-order valence-electron chi connectivity index (χ3n) is 5.40. The van der Waals surface area contributed by atoms with Gasteiger partial charge in [-0.2, -0.15) is 0 Å². The van der Waals surface area contributed by atoms with Crippen LogP contribution in [0.3, 0.4) is 0 Å². The summed E-state index contributed by atoms with van der Waals surface area (Å²) in [6.07, 6.45) is 3.46. The summed E-state index contributed by atoms with van der Waals surface area (Å²) in [6.45, 7) is 17.1. The standard InChI is InChI=1S/C14H20Cl2O2.C14H15N3.Ni/c1-13(2,3)7-9(15)10(16)8(14(4,5)6)12(18)11(7)17;1-10-6-4-7-11(2)13(10)17-12(3)14-15-8-5-9-16-14;/h17-18H,1-6H3;4-9H,1-3H3;/q;;+2/p-2. The second-order valence-corrected chi connectivity index (χ2v) is 11.3. The number of hydrogen-bond acceptors (Lipinski definition) is 5. The van der Waals surface area contributed by atoms with Gasteiger partial charge >= 0.3 is 16.5 Å². The molecule has 0 N–H and O–H groups in total. The first kappa shape index (κ1) is 31.9. The van der Waals surface area contributed by atoms with Crippen molar-refractivity contribution in [2.75, 3.05) is 0 Å². The summed E-state index contributed by atoms with van der Waals surface area (Å²) >= 11 is 12.4. The first-order valence-corrected chi connectivity index (χ1v) is 12.1. The van der Waals surface area contributed by atoms with Crippen LogP contribution in [0.4, 0.5) is 5.69 Å². The van der Waals surface area contributed by atoms with Gasteiger partial charge in [-0.05, 0) is 59.9 Å². The summed E-state index contributed by atoms with van der Waals surface area (Å²) < 4.78 is 0. The minimum atomic E-state index is -0.540. The van der Waals surface area contributed by atoms with Crippen molar-refractivity contribution in [1.29, 1.82) is 0 Å². The maximum absolute atomic E-state index is 12.2. The number of halogens is 2. The summed E-state index contributed by atoms with van der Waals surface area (Å²) in [5.41, 5.74) is 3.76. The predicted octanol–water partition coefficient (Wildman–Crippen LogP) is 6.97. The monoisotopic (exact) mass is 571 g/mol. The van der Waals surface area contributed by atoms with Gasteiger partial charge < -0.3 is 10.2 Å². The van der Waals surface area contributed by atoms with Gasteiger partial charge in [0.2, 0.25) is 0 Å². The summed E-state index contributed by atoms with van der Waals surface area (Å²) in [5.74, 6) is -0.404. The Balaban J connectivity index is 0.000000351. The SMILES string of the molecule is CC(=Nc1c(C)cccc1C)c1ncccn1.CC(C)(C)c1c([O-])c([O-])c(C(C)(C)C)c(Cl)c1Cl.[Ni+2]. The topological polar surface area (TPSA) is 84.3 Å². The maximum atomic E-state index is 12.2. The van der Waals surface area contributed by atoms with Crippen LogP contribution in [-0.2, 0) is 27.3 Å². The second kappa shape index (κ2) is 12.4. The van der Waals surface area contributed by atoms with Crippen molar-refractivity contribution < 1.29 is 26.7 Å². The van der Waals surface area contributed by atoms with Crippen molar-refractivity contribution in [3.05, 3.63) is 74.8 Å². The van der Waals surface area contributed by atoms with Crippen molar-refractivity contribution in [3.63, 3.8) is 0 Å². The molecular weight excluding hydrogens is 540 g/mol. The van der Waals surface area contributed by atoms with Gasteiger partial charge in [0.05, 0.1) is 21.4 Å². The van der Waals surface area contributed by atoms with Gasteiger partial charge in [0.1, 0.15) is 0 Å². The van der Waals surface area contributed by atoms with Gasteiger partial charge in [-0.3, -0.25) is 0 Å². The number of hydrogen-bond donors (Lipinski definition) is 0. The van der Waals surface area contributed by atoms with Crippen molar-refractivity contribution in [3.8, 4) is 11.5 Å². The number of nitrogens with zero attached hydrogens (tertiary/aromatic N) is 3. The van der Waals surface area contributed by atoms with Crippen molar-refractivity contribution in [1.82, 2.24) is 9.97 Å². The van der Waals surface area contributed by atoms with Crippen LogP contribution in [-0.4, -0.2) is 15.7 Å². The van der Waals surface area contributed by atoms with E-state index in [-0.39, 0.29) is 26.5 Å². The number of para-hydroxylation sites is 1. The van der Waals surface area contributed by atoms with E-state index in [9.17, 15) is 10.2 Å². The fourth-order valence-electron chi connectivity index (χ4n) is 3.67. The van der Waals surface area contributed by atoms with Crippen LogP contribution >= 0.6 is 23.2 Å². The molecule has 0 aliphatic rings. The molecule has 0 saturated carbocycles. The van der Waals surface area contributed by atoms with E-state index in [1.54, 1.807) is 18.5 Å². The maximum Gasteiger partial charge on any atom is 2.00 e. The van der Waals surface area contributed by atoms with E-state index >= 15 is 0 Å². The summed E-state index contributed by atoms with van der Waals surface area (Å²) in [5, 5.41) is 24.8. The zero-order chi connectivity index (χ0) is 26.7. The number of benzene rings is 2. The van der Waals surface area contributed by atoms with E-state index in [0.717, 1.165) is 11.4 Å². The molecule has 0 unspecified atom stereocenters. The predicted molar refractivity (Wildman–Crippen MR) is 143 cm³/mol. The van der Waals surface area contributed by atoms with Gasteiger partial charge in [0, 0.05) is 12.4 Å². The molecule has 3 rings (SSSR count). The quantitative estimate of drug-likeness (QED) is 0.245. The molecule has 5 nitrogen and oxygen atoms in total. The average Bonchev–Trinajstić information content (AvgIpc) is 2.74. The molecule has 36 heavy (non-hydrogen) atoms. The molecule has 0 saturated heterocycles. The molecule has 0 aliphatic carbocycles. The van der Waals surface area contributed by atoms with E-state index < -0.39 is 22.3 Å². The first-order chi connectivity index (χ1) is 16.1. The van der Waals surface area contributed by atoms with E-state index in [1.165, 1.54) is 11.1 Å². The van der Waals surface area contributed by atoms with Crippen LogP contribution in [0.15, 0.2) is 41.7 Å². The first-order valence-electron chi connectivity index (χ1n) is 11.4. The Bertz CT molecular complexity index is 1140. The third-order valence-corrected chi connectivity index (χ3v) is 6.25. The van der Waals surface area contributed by atoms with Crippen molar-refractivity contribution in [2.24, 2.45) is 4.99 Å². The fourth-order valence-corrected chi connectivity index (χ4v) is 4.60. The Morgan fingerprint density at radius 3 is 1.53 bits per heavy atom. The molecular formula is C28H33Cl2N3NiO2. The number of aromatic nitrogens is 2. The molecule has 1 aromatic heterocycles. The number of aryl methyl sites for hydroxylation is 2. The smallest absolute Gasteiger partial charge is 0.873 e. The molecule has 0 bridgehead atoms. The van der Waals surface area contributed by atoms with Crippen LogP contribution in [0.5, 0.6) is 11.5 Å². The van der Waals surface area contributed by atoms with Gasteiger partial charge in [-0.15, -0.1) is 11.5 Å². The van der Waals surface area contributed by atoms with Crippen molar-refractivity contribution >= 4 is 34.6 Å². The Labute approximate surface area is 235 Å². The molecule has 0 atom stereocenters. The Kier molecular flexibility index (Phi) is 11.0. The van der Waals surface area contributed by atoms with Crippen LogP contribution in [0.1, 0.15) is 76.5 Å². The van der Waals surface area contributed by atoms with E-state index in [2.05, 4.69) is 40.9 Å². The molecule has 1 heterocycles. The molecule has 3 aromatic rings. The Morgan fingerprint density at radius 1 is 0.778 bits per heavy atom. The third kappa shape index (κ3) is 7.44. The Hall–Kier alpha value is -2.14. The normalized spacial score (nSPS) is 11.9. The molecule has 0 spiro atoms. The van der Waals surface area contributed by atoms with Crippen LogP contribution in [0.25, 0.3) is 0 Å². The zero-order valence-corrected chi connectivity index (χ0v) is 24.7. The summed E-state index contributed by atoms with van der Waals surface area (Å²) in [6, 6.07) is 7.96. The van der Waals surface area contributed by atoms with Crippen molar-refractivity contribution in [2.45, 2.75) is 73.1 Å². The fraction of sp³-hybridized carbons (Fsp3) is 0.393. The van der Waals surface area contributed by atoms with Gasteiger partial charge in [-0.25, -0.2) is 15.0 Å². The molecule has 8 heteroatoms. The summed E-state index contributed by atoms with van der Waals surface area (Å²) in [4.78, 5) is 13.0. The molecule has 196 valence electrons. The molecule has 2 aromatic carbocycles. The number of aliphatic imine (C=N–C) groups is 1. The van der Waals surface area contributed by atoms with Gasteiger partial charge in [-0.1, -0.05) is 82.9 Å². The van der Waals surface area contributed by atoms with E-state index in [1.807, 2.05) is 54.5 Å². The zero-order valence-electron chi connectivity index (χ0n) is 22.2. The number of rotatable bonds is 2. The second-order valence-electron chi connectivity index (χ2n) is 10.5.